The van der Waals surface area contributed by atoms with E-state index in [-0.39, 0.29) is 17.2 Å². The van der Waals surface area contributed by atoms with E-state index < -0.39 is 21.8 Å². The lowest BCUT2D eigenvalue weighted by atomic mass is 10.4. The Bertz CT molecular complexity index is 685. The summed E-state index contributed by atoms with van der Waals surface area (Å²) in [5.41, 5.74) is 0. The third-order valence-electron chi connectivity index (χ3n) is 2.39. The molecule has 0 radical (unpaired) electrons. The van der Waals surface area contributed by atoms with Crippen LogP contribution in [-0.2, 0) is 16.6 Å². The van der Waals surface area contributed by atoms with Crippen molar-refractivity contribution >= 4 is 27.3 Å². The van der Waals surface area contributed by atoms with Gasteiger partial charge in [-0.05, 0) is 18.4 Å². The first kappa shape index (κ1) is 13.8. The normalized spacial score (nSPS) is 11.6. The third kappa shape index (κ3) is 3.03. The molecule has 19 heavy (non-hydrogen) atoms. The molecule has 2 heterocycles. The summed E-state index contributed by atoms with van der Waals surface area (Å²) in [6.07, 6.45) is 0. The highest BCUT2D eigenvalue weighted by Gasteiger charge is 2.23. The van der Waals surface area contributed by atoms with Crippen molar-refractivity contribution in [3.63, 3.8) is 0 Å². The summed E-state index contributed by atoms with van der Waals surface area (Å²) in [6.45, 7) is 1.57. The van der Waals surface area contributed by atoms with Crippen molar-refractivity contribution in [2.45, 2.75) is 18.4 Å². The summed E-state index contributed by atoms with van der Waals surface area (Å²) >= 11 is 1.43. The minimum Gasteiger partial charge on any atom is -0.475 e. The van der Waals surface area contributed by atoms with E-state index in [4.69, 9.17) is 9.52 Å². The van der Waals surface area contributed by atoms with E-state index in [0.29, 0.717) is 0 Å². The monoisotopic (exact) mass is 301 g/mol. The molecule has 0 unspecified atom stereocenters. The molecule has 0 saturated heterocycles. The quantitative estimate of drug-likeness (QED) is 0.878. The molecule has 102 valence electrons. The van der Waals surface area contributed by atoms with Crippen LogP contribution in [0.4, 0.5) is 0 Å². The first-order valence-electron chi connectivity index (χ1n) is 5.26. The van der Waals surface area contributed by atoms with Crippen molar-refractivity contribution in [3.05, 3.63) is 40.0 Å². The van der Waals surface area contributed by atoms with Crippen molar-refractivity contribution in [2.24, 2.45) is 0 Å². The van der Waals surface area contributed by atoms with E-state index in [2.05, 4.69) is 4.72 Å². The summed E-state index contributed by atoms with van der Waals surface area (Å²) in [4.78, 5) is 11.4. The van der Waals surface area contributed by atoms with Crippen LogP contribution >= 0.6 is 11.3 Å². The molecule has 6 nitrogen and oxygen atoms in total. The van der Waals surface area contributed by atoms with Crippen molar-refractivity contribution in [1.29, 1.82) is 0 Å². The predicted octanol–water partition coefficient (Wildman–Crippen LogP) is 1.83. The lowest BCUT2D eigenvalue weighted by Crippen LogP contribution is -2.23. The van der Waals surface area contributed by atoms with Gasteiger partial charge in [0.05, 0.1) is 0 Å². The Kier molecular flexibility index (Phi) is 3.74. The van der Waals surface area contributed by atoms with E-state index in [1.165, 1.54) is 18.3 Å². The topological polar surface area (TPSA) is 96.6 Å². The van der Waals surface area contributed by atoms with Gasteiger partial charge in [0.25, 0.3) is 0 Å². The zero-order chi connectivity index (χ0) is 14.0. The van der Waals surface area contributed by atoms with Gasteiger partial charge >= 0.3 is 5.97 Å². The number of carbonyl (C=O) groups is 1. The second-order valence-corrected chi connectivity index (χ2v) is 6.51. The van der Waals surface area contributed by atoms with Gasteiger partial charge in [0, 0.05) is 17.5 Å². The summed E-state index contributed by atoms with van der Waals surface area (Å²) in [6, 6.07) is 4.63. The average Bonchev–Trinajstić information content (AvgIpc) is 2.95. The third-order valence-corrected chi connectivity index (χ3v) is 4.77. The van der Waals surface area contributed by atoms with Gasteiger partial charge in [0.1, 0.15) is 10.7 Å². The van der Waals surface area contributed by atoms with Crippen LogP contribution in [0.3, 0.4) is 0 Å². The molecular formula is C11H11NO5S2. The fourth-order valence-corrected chi connectivity index (χ4v) is 3.41. The van der Waals surface area contributed by atoms with E-state index in [1.54, 1.807) is 6.07 Å². The number of rotatable bonds is 5. The number of hydrogen-bond donors (Lipinski definition) is 2. The van der Waals surface area contributed by atoms with Crippen molar-refractivity contribution in [1.82, 2.24) is 4.72 Å². The second kappa shape index (κ2) is 5.16. The molecule has 0 amide bonds. The van der Waals surface area contributed by atoms with Crippen molar-refractivity contribution in [2.75, 3.05) is 0 Å². The van der Waals surface area contributed by atoms with Gasteiger partial charge in [-0.2, -0.15) is 0 Å². The van der Waals surface area contributed by atoms with Crippen LogP contribution in [-0.4, -0.2) is 19.5 Å². The Morgan fingerprint density at radius 3 is 2.79 bits per heavy atom. The summed E-state index contributed by atoms with van der Waals surface area (Å²) in [5, 5.41) is 10.6. The van der Waals surface area contributed by atoms with Crippen molar-refractivity contribution in [3.8, 4) is 0 Å². The van der Waals surface area contributed by atoms with Crippen LogP contribution in [0.1, 0.15) is 21.2 Å². The molecule has 0 aliphatic heterocycles. The number of nitrogens with one attached hydrogen (secondary N) is 1. The Labute approximate surface area is 113 Å². The highest BCUT2D eigenvalue weighted by atomic mass is 32.2. The minimum atomic E-state index is -3.78. The van der Waals surface area contributed by atoms with Gasteiger partial charge < -0.3 is 9.52 Å². The molecule has 2 N–H and O–H groups in total. The number of carboxylic acids is 1. The molecular weight excluding hydrogens is 290 g/mol. The standard InChI is InChI=1S/C11H11NO5S2/c1-7-10(5-9(17-7)11(13)14)19(15,16)12-6-8-3-2-4-18-8/h2-5,12H,6H2,1H3,(H,13,14). The van der Waals surface area contributed by atoms with Crippen LogP contribution in [0, 0.1) is 6.92 Å². The van der Waals surface area contributed by atoms with Crippen LogP contribution in [0.15, 0.2) is 32.9 Å². The summed E-state index contributed by atoms with van der Waals surface area (Å²) in [7, 11) is -3.78. The number of aryl methyl sites for hydroxylation is 1. The van der Waals surface area contributed by atoms with E-state index >= 15 is 0 Å². The highest BCUT2D eigenvalue weighted by molar-refractivity contribution is 7.89. The van der Waals surface area contributed by atoms with Gasteiger partial charge in [0.15, 0.2) is 0 Å². The first-order valence-corrected chi connectivity index (χ1v) is 7.62. The maximum Gasteiger partial charge on any atom is 0.371 e. The lowest BCUT2D eigenvalue weighted by molar-refractivity contribution is 0.0661. The average molecular weight is 301 g/mol. The van der Waals surface area contributed by atoms with E-state index in [0.717, 1.165) is 10.9 Å². The van der Waals surface area contributed by atoms with Crippen LogP contribution in [0.5, 0.6) is 0 Å². The van der Waals surface area contributed by atoms with E-state index in [1.807, 2.05) is 11.4 Å². The smallest absolute Gasteiger partial charge is 0.371 e. The number of furan rings is 1. The van der Waals surface area contributed by atoms with Gasteiger partial charge in [0.2, 0.25) is 15.8 Å². The first-order chi connectivity index (χ1) is 8.90. The lowest BCUT2D eigenvalue weighted by Gasteiger charge is -2.03. The Morgan fingerprint density at radius 1 is 1.53 bits per heavy atom. The van der Waals surface area contributed by atoms with Gasteiger partial charge in [-0.1, -0.05) is 6.07 Å². The summed E-state index contributed by atoms with van der Waals surface area (Å²) < 4.78 is 31.3. The fraction of sp³-hybridized carbons (Fsp3) is 0.182. The molecule has 2 aromatic rings. The number of carboxylic acid groups (broad SMARTS) is 1. The fourth-order valence-electron chi connectivity index (χ4n) is 1.49. The van der Waals surface area contributed by atoms with Gasteiger partial charge in [-0.15, -0.1) is 11.3 Å². The highest BCUT2D eigenvalue weighted by Crippen LogP contribution is 2.20. The predicted molar refractivity (Wildman–Crippen MR) is 68.7 cm³/mol. The Morgan fingerprint density at radius 2 is 2.26 bits per heavy atom. The number of sulfonamides is 1. The van der Waals surface area contributed by atoms with Crippen LogP contribution in [0.2, 0.25) is 0 Å². The zero-order valence-electron chi connectivity index (χ0n) is 9.91. The largest absolute Gasteiger partial charge is 0.475 e. The molecule has 0 aliphatic carbocycles. The van der Waals surface area contributed by atoms with Gasteiger partial charge in [-0.3, -0.25) is 0 Å². The maximum atomic E-state index is 12.0. The molecule has 2 aromatic heterocycles. The molecule has 0 aromatic carbocycles. The number of thiophene rings is 1. The number of aromatic carboxylic acids is 1. The SMILES string of the molecule is Cc1oc(C(=O)O)cc1S(=O)(=O)NCc1cccs1. The molecule has 0 saturated carbocycles. The molecule has 0 fully saturated rings. The van der Waals surface area contributed by atoms with Crippen molar-refractivity contribution < 1.29 is 22.7 Å². The molecule has 0 bridgehead atoms. The summed E-state index contributed by atoms with van der Waals surface area (Å²) in [5.74, 6) is -1.65. The molecule has 0 aliphatic rings. The Hall–Kier alpha value is -1.64. The minimum absolute atomic E-state index is 0.0519. The number of hydrogen-bond acceptors (Lipinski definition) is 5. The molecule has 8 heteroatoms. The molecule has 0 atom stereocenters. The molecule has 2 rings (SSSR count). The second-order valence-electron chi connectivity index (χ2n) is 3.74. The van der Waals surface area contributed by atoms with Gasteiger partial charge in [-0.25, -0.2) is 17.9 Å². The molecule has 0 spiro atoms. The Balaban J connectivity index is 2.22. The zero-order valence-corrected chi connectivity index (χ0v) is 11.5. The van der Waals surface area contributed by atoms with Crippen LogP contribution < -0.4 is 4.72 Å². The van der Waals surface area contributed by atoms with Crippen LogP contribution in [0.25, 0.3) is 0 Å². The maximum absolute atomic E-state index is 12.0. The van der Waals surface area contributed by atoms with E-state index in [9.17, 15) is 13.2 Å².